The number of aliphatic imine (C=N–C) groups is 2. The molecule has 1 aromatic carbocycles. The number of thiocarbonyl (C=S) groups is 1. The van der Waals surface area contributed by atoms with Crippen LogP contribution in [0.1, 0.15) is 17.3 Å². The van der Waals surface area contributed by atoms with Crippen LogP contribution in [0.5, 0.6) is 0 Å². The highest BCUT2D eigenvalue weighted by Gasteiger charge is 2.52. The molecule has 24 heavy (non-hydrogen) atoms. The molecule has 0 saturated carbocycles. The van der Waals surface area contributed by atoms with Crippen molar-refractivity contribution in [3.63, 3.8) is 0 Å². The zero-order valence-corrected chi connectivity index (χ0v) is 14.0. The molecule has 0 N–H and O–H groups in total. The normalized spacial score (nSPS) is 15.9. The fourth-order valence-corrected chi connectivity index (χ4v) is 2.52. The summed E-state index contributed by atoms with van der Waals surface area (Å²) in [5, 5.41) is -0.255. The molecule has 1 heterocycles. The van der Waals surface area contributed by atoms with Gasteiger partial charge in [0.15, 0.2) is 5.78 Å². The first-order chi connectivity index (χ1) is 11.4. The van der Waals surface area contributed by atoms with Crippen LogP contribution in [0.25, 0.3) is 0 Å². The largest absolute Gasteiger partial charge is 0.464 e. The lowest BCUT2D eigenvalue weighted by atomic mass is 9.73. The lowest BCUT2D eigenvalue weighted by Gasteiger charge is -2.30. The Labute approximate surface area is 143 Å². The van der Waals surface area contributed by atoms with E-state index in [-0.39, 0.29) is 22.1 Å². The van der Waals surface area contributed by atoms with Crippen molar-refractivity contribution in [2.45, 2.75) is 6.92 Å². The number of carbonyl (C=O) groups excluding carboxylic acids is 3. The van der Waals surface area contributed by atoms with Gasteiger partial charge in [-0.05, 0) is 19.1 Å². The number of esters is 2. The Hall–Kier alpha value is -2.74. The zero-order valence-electron chi connectivity index (χ0n) is 13.2. The van der Waals surface area contributed by atoms with E-state index in [1.165, 1.54) is 6.92 Å². The average Bonchev–Trinajstić information content (AvgIpc) is 2.61. The van der Waals surface area contributed by atoms with Gasteiger partial charge >= 0.3 is 11.9 Å². The fraction of sp³-hybridized carbons (Fsp3) is 0.250. The predicted octanol–water partition coefficient (Wildman–Crippen LogP) is 1.40. The van der Waals surface area contributed by atoms with Gasteiger partial charge in [0.2, 0.25) is 5.11 Å². The summed E-state index contributed by atoms with van der Waals surface area (Å²) >= 11 is 4.90. The SMILES string of the molecule is COC(=O)C1=NC(=S)N=C(C(=O)OC)C1(C)C(=O)c1ccccc1. The lowest BCUT2D eigenvalue weighted by Crippen LogP contribution is -2.52. The Morgan fingerprint density at radius 1 is 0.958 bits per heavy atom. The van der Waals surface area contributed by atoms with Gasteiger partial charge in [-0.1, -0.05) is 30.3 Å². The molecule has 7 nitrogen and oxygen atoms in total. The van der Waals surface area contributed by atoms with Crippen LogP contribution >= 0.6 is 12.2 Å². The quantitative estimate of drug-likeness (QED) is 0.465. The van der Waals surface area contributed by atoms with E-state index in [0.29, 0.717) is 0 Å². The number of hydrogen-bond donors (Lipinski definition) is 0. The van der Waals surface area contributed by atoms with Crippen LogP contribution in [0.15, 0.2) is 40.3 Å². The van der Waals surface area contributed by atoms with Gasteiger partial charge < -0.3 is 9.47 Å². The van der Waals surface area contributed by atoms with Crippen molar-refractivity contribution in [2.24, 2.45) is 15.4 Å². The maximum absolute atomic E-state index is 13.1. The summed E-state index contributed by atoms with van der Waals surface area (Å²) in [4.78, 5) is 45.1. The number of ketones is 1. The maximum atomic E-state index is 13.1. The third-order valence-electron chi connectivity index (χ3n) is 3.61. The summed E-state index contributed by atoms with van der Waals surface area (Å²) in [5.74, 6) is -2.29. The van der Waals surface area contributed by atoms with Crippen molar-refractivity contribution in [3.05, 3.63) is 35.9 Å². The Morgan fingerprint density at radius 2 is 1.42 bits per heavy atom. The van der Waals surface area contributed by atoms with Crippen molar-refractivity contribution in [1.82, 2.24) is 0 Å². The van der Waals surface area contributed by atoms with E-state index in [1.807, 2.05) is 0 Å². The minimum atomic E-state index is -1.77. The van der Waals surface area contributed by atoms with Crippen LogP contribution in [0.2, 0.25) is 0 Å². The standard InChI is InChI=1S/C16H14N2O5S/c1-16(12(19)9-7-5-4-6-8-9)10(13(20)22-2)17-15(24)18-11(16)14(21)23-3/h4-8H,1-3H3. The molecule has 0 saturated heterocycles. The smallest absolute Gasteiger partial charge is 0.354 e. The van der Waals surface area contributed by atoms with Gasteiger partial charge in [-0.15, -0.1) is 0 Å². The molecule has 1 aliphatic heterocycles. The minimum Gasteiger partial charge on any atom is -0.464 e. The first-order valence-corrected chi connectivity index (χ1v) is 7.25. The number of nitrogens with zero attached hydrogens (tertiary/aromatic N) is 2. The van der Waals surface area contributed by atoms with Gasteiger partial charge in [0.05, 0.1) is 14.2 Å². The van der Waals surface area contributed by atoms with Crippen molar-refractivity contribution in [2.75, 3.05) is 14.2 Å². The van der Waals surface area contributed by atoms with Gasteiger partial charge in [0.25, 0.3) is 0 Å². The van der Waals surface area contributed by atoms with Crippen molar-refractivity contribution in [3.8, 4) is 0 Å². The van der Waals surface area contributed by atoms with Crippen LogP contribution in [0, 0.1) is 5.41 Å². The Morgan fingerprint density at radius 3 is 1.83 bits per heavy atom. The summed E-state index contributed by atoms with van der Waals surface area (Å²) in [5.41, 5.74) is -2.11. The molecule has 0 atom stereocenters. The molecule has 0 aliphatic carbocycles. The molecule has 2 rings (SSSR count). The van der Waals surface area contributed by atoms with Crippen LogP contribution in [0.4, 0.5) is 0 Å². The minimum absolute atomic E-state index is 0.255. The number of benzene rings is 1. The van der Waals surface area contributed by atoms with E-state index in [4.69, 9.17) is 21.7 Å². The molecule has 0 bridgehead atoms. The van der Waals surface area contributed by atoms with E-state index in [1.54, 1.807) is 30.3 Å². The van der Waals surface area contributed by atoms with Crippen LogP contribution in [0.3, 0.4) is 0 Å². The number of carbonyl (C=O) groups is 3. The van der Waals surface area contributed by atoms with E-state index >= 15 is 0 Å². The van der Waals surface area contributed by atoms with Gasteiger partial charge in [-0.2, -0.15) is 0 Å². The fourth-order valence-electron chi connectivity index (χ4n) is 2.34. The van der Waals surface area contributed by atoms with Gasteiger partial charge in [0.1, 0.15) is 16.8 Å². The number of rotatable bonds is 4. The number of hydrogen-bond acceptors (Lipinski definition) is 6. The topological polar surface area (TPSA) is 94.4 Å². The van der Waals surface area contributed by atoms with Gasteiger partial charge in [-0.3, -0.25) is 4.79 Å². The third-order valence-corrected chi connectivity index (χ3v) is 3.79. The van der Waals surface area contributed by atoms with E-state index < -0.39 is 23.1 Å². The molecular weight excluding hydrogens is 332 g/mol. The molecular formula is C16H14N2O5S. The first kappa shape index (κ1) is 17.6. The molecule has 0 unspecified atom stereocenters. The van der Waals surface area contributed by atoms with E-state index in [2.05, 4.69) is 9.98 Å². The molecule has 1 aromatic rings. The second-order valence-corrected chi connectivity index (χ2v) is 5.37. The molecule has 0 fully saturated rings. The van der Waals surface area contributed by atoms with Gasteiger partial charge in [0, 0.05) is 5.56 Å². The molecule has 0 radical (unpaired) electrons. The zero-order chi connectivity index (χ0) is 17.9. The summed E-state index contributed by atoms with van der Waals surface area (Å²) in [6, 6.07) is 8.18. The number of Topliss-reactive ketones (excluding diaryl/α,β-unsaturated/α-hetero) is 1. The summed E-state index contributed by atoms with van der Waals surface area (Å²) in [6.07, 6.45) is 0. The van der Waals surface area contributed by atoms with Crippen LogP contribution in [-0.4, -0.2) is 48.5 Å². The van der Waals surface area contributed by atoms with E-state index in [9.17, 15) is 14.4 Å². The van der Waals surface area contributed by atoms with Crippen LogP contribution in [-0.2, 0) is 19.1 Å². The summed E-state index contributed by atoms with van der Waals surface area (Å²) < 4.78 is 9.39. The van der Waals surface area contributed by atoms with Crippen LogP contribution < -0.4 is 0 Å². The molecule has 8 heteroatoms. The van der Waals surface area contributed by atoms with Crippen molar-refractivity contribution >= 4 is 46.5 Å². The molecule has 124 valence electrons. The third kappa shape index (κ3) is 2.88. The van der Waals surface area contributed by atoms with Crippen molar-refractivity contribution < 1.29 is 23.9 Å². The highest BCUT2D eigenvalue weighted by molar-refractivity contribution is 7.80. The second kappa shape index (κ2) is 6.79. The first-order valence-electron chi connectivity index (χ1n) is 6.85. The summed E-state index contributed by atoms with van der Waals surface area (Å²) in [7, 11) is 2.29. The maximum Gasteiger partial charge on any atom is 0.354 e. The molecule has 0 spiro atoms. The lowest BCUT2D eigenvalue weighted by molar-refractivity contribution is -0.133. The predicted molar refractivity (Wildman–Crippen MR) is 90.4 cm³/mol. The molecule has 0 amide bonds. The highest BCUT2D eigenvalue weighted by atomic mass is 32.1. The number of methoxy groups -OCH3 is 2. The van der Waals surface area contributed by atoms with Gasteiger partial charge in [-0.25, -0.2) is 19.6 Å². The molecule has 1 aliphatic rings. The molecule has 0 aromatic heterocycles. The van der Waals surface area contributed by atoms with Crippen molar-refractivity contribution in [1.29, 1.82) is 0 Å². The number of ether oxygens (including phenoxy) is 2. The average molecular weight is 346 g/mol. The second-order valence-electron chi connectivity index (χ2n) is 5.01. The Kier molecular flexibility index (Phi) is 4.99. The Balaban J connectivity index is 2.69. The highest BCUT2D eigenvalue weighted by Crippen LogP contribution is 2.31. The van der Waals surface area contributed by atoms with E-state index in [0.717, 1.165) is 14.2 Å². The monoisotopic (exact) mass is 346 g/mol. The Bertz CT molecular complexity index is 747. The summed E-state index contributed by atoms with van der Waals surface area (Å²) in [6.45, 7) is 1.37.